The minimum absolute atomic E-state index is 0.0410. The number of hydrogen-bond acceptors (Lipinski definition) is 11. The first-order chi connectivity index (χ1) is 16.0. The van der Waals surface area contributed by atoms with Crippen molar-refractivity contribution >= 4 is 11.0 Å². The van der Waals surface area contributed by atoms with Gasteiger partial charge < -0.3 is 49.6 Å². The molecule has 11 nitrogen and oxygen atoms in total. The molecule has 0 spiro atoms. The van der Waals surface area contributed by atoms with Gasteiger partial charge in [-0.2, -0.15) is 0 Å². The molecule has 0 amide bonds. The summed E-state index contributed by atoms with van der Waals surface area (Å²) in [7, 11) is 0. The molecule has 34 heavy (non-hydrogen) atoms. The van der Waals surface area contributed by atoms with Gasteiger partial charge >= 0.3 is 17.2 Å². The third-order valence-corrected chi connectivity index (χ3v) is 5.95. The van der Waals surface area contributed by atoms with Gasteiger partial charge in [-0.1, -0.05) is 0 Å². The van der Waals surface area contributed by atoms with Crippen molar-refractivity contribution < 1.29 is 49.6 Å². The second-order valence-electron chi connectivity index (χ2n) is 7.99. The zero-order chi connectivity index (χ0) is 24.2. The summed E-state index contributed by atoms with van der Waals surface area (Å²) < 4.78 is 16.7. The molecular weight excluding hydrogens is 452 g/mol. The Balaban J connectivity index is 1.80. The van der Waals surface area contributed by atoms with Crippen LogP contribution in [-0.2, 0) is 11.6 Å². The summed E-state index contributed by atoms with van der Waals surface area (Å²) >= 11 is 0. The minimum atomic E-state index is -2.91. The van der Waals surface area contributed by atoms with Gasteiger partial charge in [0, 0.05) is 29.8 Å². The van der Waals surface area contributed by atoms with E-state index in [1.54, 1.807) is 0 Å². The maximum atomic E-state index is 13.1. The van der Waals surface area contributed by atoms with E-state index in [2.05, 4.69) is 0 Å². The molecule has 2 unspecified atom stereocenters. The number of rotatable bonds is 1. The van der Waals surface area contributed by atoms with Gasteiger partial charge in [0.15, 0.2) is 11.5 Å². The van der Waals surface area contributed by atoms with Crippen LogP contribution in [0.25, 0.3) is 22.1 Å². The Labute approximate surface area is 188 Å². The molecule has 0 saturated heterocycles. The Morgan fingerprint density at radius 2 is 1.35 bits per heavy atom. The van der Waals surface area contributed by atoms with Crippen LogP contribution in [0.4, 0.5) is 0 Å². The second-order valence-corrected chi connectivity index (χ2v) is 7.99. The number of ether oxygens (including phenoxy) is 2. The molecule has 0 saturated carbocycles. The zero-order valence-corrected chi connectivity index (χ0v) is 16.8. The number of benzene rings is 3. The van der Waals surface area contributed by atoms with Gasteiger partial charge in [-0.15, -0.1) is 0 Å². The number of aromatic hydroxyl groups is 5. The molecule has 3 aromatic carbocycles. The van der Waals surface area contributed by atoms with E-state index in [9.17, 15) is 40.5 Å². The van der Waals surface area contributed by atoms with E-state index in [4.69, 9.17) is 13.9 Å². The lowest BCUT2D eigenvalue weighted by Crippen LogP contribution is -2.60. The smallest absolute Gasteiger partial charge is 0.345 e. The van der Waals surface area contributed by atoms with Gasteiger partial charge in [0.05, 0.1) is 22.1 Å². The zero-order valence-electron chi connectivity index (χ0n) is 16.8. The van der Waals surface area contributed by atoms with Crippen LogP contribution in [0.5, 0.6) is 40.2 Å². The third-order valence-electron chi connectivity index (χ3n) is 5.95. The highest BCUT2D eigenvalue weighted by atomic mass is 16.7. The molecule has 2 aliphatic heterocycles. The number of phenols is 5. The van der Waals surface area contributed by atoms with E-state index in [1.165, 1.54) is 0 Å². The average molecular weight is 466 g/mol. The molecule has 1 aromatic heterocycles. The first-order valence-electron chi connectivity index (χ1n) is 9.79. The lowest BCUT2D eigenvalue weighted by molar-refractivity contribution is -0.352. The molecule has 2 aliphatic rings. The molecule has 3 heterocycles. The molecule has 0 radical (unpaired) electrons. The van der Waals surface area contributed by atoms with Gasteiger partial charge in [0.25, 0.3) is 0 Å². The summed E-state index contributed by atoms with van der Waals surface area (Å²) in [5.41, 5.74) is -2.52. The monoisotopic (exact) mass is 466 g/mol. The maximum absolute atomic E-state index is 13.1. The van der Waals surface area contributed by atoms with Crippen molar-refractivity contribution in [2.75, 3.05) is 0 Å². The van der Waals surface area contributed by atoms with Crippen LogP contribution in [-0.4, -0.2) is 35.7 Å². The molecule has 0 aliphatic carbocycles. The van der Waals surface area contributed by atoms with Crippen LogP contribution in [0.15, 0.2) is 51.7 Å². The summed E-state index contributed by atoms with van der Waals surface area (Å²) in [6.45, 7) is 0. The number of hydrogen-bond donors (Lipinski definition) is 7. The molecule has 172 valence electrons. The van der Waals surface area contributed by atoms with E-state index < -0.39 is 45.9 Å². The van der Waals surface area contributed by atoms with Crippen LogP contribution in [0.1, 0.15) is 11.1 Å². The van der Waals surface area contributed by atoms with Gasteiger partial charge in [-0.25, -0.2) is 4.79 Å². The SMILES string of the molecule is O=c1oc2cc(O)cc3c2c2c1-c1c(O)cc(O)cc1OC2(O)C(O)(c1ccc(O)c(O)c1)O3. The minimum Gasteiger partial charge on any atom is -0.508 e. The summed E-state index contributed by atoms with van der Waals surface area (Å²) in [5, 5.41) is 73.9. The fourth-order valence-electron chi connectivity index (χ4n) is 4.51. The number of aliphatic hydroxyl groups is 2. The first kappa shape index (κ1) is 20.0. The summed E-state index contributed by atoms with van der Waals surface area (Å²) in [6, 6.07) is 7.19. The molecule has 11 heteroatoms. The molecule has 4 aromatic rings. The topological polar surface area (TPSA) is 190 Å². The molecule has 7 N–H and O–H groups in total. The Hall–Kier alpha value is -4.61. The number of phenolic OH excluding ortho intramolecular Hbond substituents is 5. The fraction of sp³-hybridized carbons (Fsp3) is 0.0870. The third kappa shape index (κ3) is 2.28. The summed E-state index contributed by atoms with van der Waals surface area (Å²) in [5.74, 6) is -9.02. The van der Waals surface area contributed by atoms with Crippen molar-refractivity contribution in [3.63, 3.8) is 0 Å². The van der Waals surface area contributed by atoms with Gasteiger partial charge in [-0.3, -0.25) is 0 Å². The predicted octanol–water partition coefficient (Wildman–Crippen LogP) is 1.76. The highest BCUT2D eigenvalue weighted by Crippen LogP contribution is 2.59. The second kappa shape index (κ2) is 6.04. The highest BCUT2D eigenvalue weighted by Gasteiger charge is 2.64. The Morgan fingerprint density at radius 3 is 2.09 bits per heavy atom. The van der Waals surface area contributed by atoms with Crippen molar-refractivity contribution in [2.45, 2.75) is 11.6 Å². The van der Waals surface area contributed by atoms with Crippen molar-refractivity contribution in [3.8, 4) is 51.4 Å². The van der Waals surface area contributed by atoms with Gasteiger partial charge in [-0.05, 0) is 18.2 Å². The van der Waals surface area contributed by atoms with Gasteiger partial charge in [0.2, 0.25) is 0 Å². The highest BCUT2D eigenvalue weighted by molar-refractivity contribution is 5.97. The number of fused-ring (bicyclic) bond motifs is 2. The summed E-state index contributed by atoms with van der Waals surface area (Å²) in [6.07, 6.45) is 0. The van der Waals surface area contributed by atoms with E-state index in [0.29, 0.717) is 0 Å². The van der Waals surface area contributed by atoms with E-state index in [-0.39, 0.29) is 44.7 Å². The van der Waals surface area contributed by atoms with Crippen LogP contribution < -0.4 is 15.1 Å². The largest absolute Gasteiger partial charge is 0.508 e. The van der Waals surface area contributed by atoms with Crippen molar-refractivity contribution in [1.29, 1.82) is 0 Å². The van der Waals surface area contributed by atoms with E-state index >= 15 is 0 Å². The lowest BCUT2D eigenvalue weighted by Gasteiger charge is -2.48. The van der Waals surface area contributed by atoms with Crippen LogP contribution in [0.3, 0.4) is 0 Å². The predicted molar refractivity (Wildman–Crippen MR) is 112 cm³/mol. The maximum Gasteiger partial charge on any atom is 0.345 e. The van der Waals surface area contributed by atoms with Crippen molar-refractivity contribution in [2.24, 2.45) is 0 Å². The Morgan fingerprint density at radius 1 is 0.676 bits per heavy atom. The molecule has 2 atom stereocenters. The van der Waals surface area contributed by atoms with Crippen LogP contribution in [0.2, 0.25) is 0 Å². The molecule has 6 rings (SSSR count). The van der Waals surface area contributed by atoms with Gasteiger partial charge in [0.1, 0.15) is 34.3 Å². The normalized spacial score (nSPS) is 22.1. The molecule has 0 fully saturated rings. The lowest BCUT2D eigenvalue weighted by atomic mass is 9.80. The van der Waals surface area contributed by atoms with Crippen LogP contribution >= 0.6 is 0 Å². The average Bonchev–Trinajstić information content (AvgIpc) is 2.74. The van der Waals surface area contributed by atoms with Crippen molar-refractivity contribution in [1.82, 2.24) is 0 Å². The van der Waals surface area contributed by atoms with Crippen LogP contribution in [0, 0.1) is 0 Å². The quantitative estimate of drug-likeness (QED) is 0.160. The Bertz CT molecular complexity index is 1620. The fourth-order valence-corrected chi connectivity index (χ4v) is 4.51. The van der Waals surface area contributed by atoms with Crippen molar-refractivity contribution in [3.05, 3.63) is 64.0 Å². The molecule has 0 bridgehead atoms. The summed E-state index contributed by atoms with van der Waals surface area (Å²) in [4.78, 5) is 13.1. The Kier molecular flexibility index (Phi) is 3.56. The molecular formula is C23H14O11. The van der Waals surface area contributed by atoms with E-state index in [1.807, 2.05) is 0 Å². The standard InChI is InChI=1S/C23H14O11/c24-9-4-13(28)17-15(6-9)34-23(31)20-18-14(32-21(29)19(17)20)5-10(25)7-16(18)33-22(23,30)8-1-2-11(26)12(27)3-8/h1-7,24-28,30-31H. The first-order valence-corrected chi connectivity index (χ1v) is 9.79. The van der Waals surface area contributed by atoms with E-state index in [0.717, 1.165) is 42.5 Å².